The minimum atomic E-state index is -4.08. The van der Waals surface area contributed by atoms with Crippen LogP contribution in [0.1, 0.15) is 33.4 Å². The van der Waals surface area contributed by atoms with Crippen LogP contribution >= 0.6 is 0 Å². The SMILES string of the molecule is Cc1cc(C)c(S(=O)(=O)O)c(C)c1.Cc1cc(C)c(S(=O)(=O)O)c(C)c1. The van der Waals surface area contributed by atoms with Crippen LogP contribution in [-0.2, 0) is 20.2 Å². The average Bonchev–Trinajstić information content (AvgIpc) is 2.32. The molecule has 0 saturated heterocycles. The van der Waals surface area contributed by atoms with Gasteiger partial charge in [0.15, 0.2) is 0 Å². The highest BCUT2D eigenvalue weighted by molar-refractivity contribution is 7.86. The lowest BCUT2D eigenvalue weighted by Gasteiger charge is -2.07. The van der Waals surface area contributed by atoms with Crippen molar-refractivity contribution in [3.05, 3.63) is 57.6 Å². The van der Waals surface area contributed by atoms with Gasteiger partial charge in [0.2, 0.25) is 0 Å². The van der Waals surface area contributed by atoms with Gasteiger partial charge in [0.25, 0.3) is 20.2 Å². The zero-order valence-corrected chi connectivity index (χ0v) is 17.3. The van der Waals surface area contributed by atoms with E-state index in [1.807, 2.05) is 13.8 Å². The first-order valence-electron chi connectivity index (χ1n) is 7.75. The van der Waals surface area contributed by atoms with E-state index < -0.39 is 20.2 Å². The number of aryl methyl sites for hydroxylation is 6. The summed E-state index contributed by atoms with van der Waals surface area (Å²) in [6.07, 6.45) is 0. The Labute approximate surface area is 155 Å². The van der Waals surface area contributed by atoms with Gasteiger partial charge in [-0.15, -0.1) is 0 Å². The van der Waals surface area contributed by atoms with Gasteiger partial charge in [-0.1, -0.05) is 35.4 Å². The lowest BCUT2D eigenvalue weighted by Crippen LogP contribution is -2.04. The molecule has 6 nitrogen and oxygen atoms in total. The summed E-state index contributed by atoms with van der Waals surface area (Å²) in [6, 6.07) is 6.93. The molecule has 2 aromatic rings. The summed E-state index contributed by atoms with van der Waals surface area (Å²) in [5, 5.41) is 0. The smallest absolute Gasteiger partial charge is 0.282 e. The first-order valence-corrected chi connectivity index (χ1v) is 10.6. The molecule has 0 fully saturated rings. The molecule has 0 aliphatic heterocycles. The summed E-state index contributed by atoms with van der Waals surface area (Å²) in [7, 11) is -8.16. The molecule has 0 aliphatic carbocycles. The quantitative estimate of drug-likeness (QED) is 0.744. The van der Waals surface area contributed by atoms with Gasteiger partial charge in [0.1, 0.15) is 0 Å². The lowest BCUT2D eigenvalue weighted by molar-refractivity contribution is 0.479. The maximum atomic E-state index is 10.9. The first kappa shape index (κ1) is 22.3. The molecule has 0 radical (unpaired) electrons. The monoisotopic (exact) mass is 400 g/mol. The van der Waals surface area contributed by atoms with Crippen molar-refractivity contribution >= 4 is 20.2 Å². The van der Waals surface area contributed by atoms with Crippen LogP contribution in [0, 0.1) is 41.5 Å². The standard InChI is InChI=1S/2C9H12O3S/c2*1-6-4-7(2)9(8(3)5-6)13(10,11)12/h2*4-5H,1-3H3,(H,10,11,12). The van der Waals surface area contributed by atoms with E-state index in [0.29, 0.717) is 22.3 Å². The van der Waals surface area contributed by atoms with Crippen molar-refractivity contribution in [3.8, 4) is 0 Å². The third kappa shape index (κ3) is 5.63. The number of hydrogen-bond acceptors (Lipinski definition) is 4. The molecule has 2 aromatic carbocycles. The molecule has 8 heteroatoms. The van der Waals surface area contributed by atoms with Crippen molar-refractivity contribution in [2.24, 2.45) is 0 Å². The van der Waals surface area contributed by atoms with Crippen molar-refractivity contribution in [1.82, 2.24) is 0 Å². The minimum absolute atomic E-state index is 0.0260. The minimum Gasteiger partial charge on any atom is -0.282 e. The van der Waals surface area contributed by atoms with E-state index in [0.717, 1.165) is 11.1 Å². The molecule has 0 aromatic heterocycles. The fourth-order valence-corrected chi connectivity index (χ4v) is 5.01. The van der Waals surface area contributed by atoms with Crippen LogP contribution in [0.5, 0.6) is 0 Å². The van der Waals surface area contributed by atoms with Crippen LogP contribution in [0.3, 0.4) is 0 Å². The Kier molecular flexibility index (Phi) is 6.75. The van der Waals surface area contributed by atoms with Crippen LogP contribution in [0.2, 0.25) is 0 Å². The van der Waals surface area contributed by atoms with E-state index in [9.17, 15) is 16.8 Å². The van der Waals surface area contributed by atoms with Crippen molar-refractivity contribution in [3.63, 3.8) is 0 Å². The molecule has 26 heavy (non-hydrogen) atoms. The maximum absolute atomic E-state index is 10.9. The third-order valence-electron chi connectivity index (χ3n) is 3.73. The number of rotatable bonds is 2. The van der Waals surface area contributed by atoms with Crippen molar-refractivity contribution in [2.45, 2.75) is 51.3 Å². The second-order valence-electron chi connectivity index (χ2n) is 6.41. The van der Waals surface area contributed by atoms with Gasteiger partial charge in [0, 0.05) is 0 Å². The molecule has 0 bridgehead atoms. The topological polar surface area (TPSA) is 109 Å². The molecule has 0 heterocycles. The van der Waals surface area contributed by atoms with E-state index in [1.165, 1.54) is 0 Å². The Hall–Kier alpha value is -1.74. The zero-order chi connectivity index (χ0) is 20.4. The van der Waals surface area contributed by atoms with E-state index >= 15 is 0 Å². The first-order chi connectivity index (χ1) is 11.6. The van der Waals surface area contributed by atoms with Gasteiger partial charge in [-0.3, -0.25) is 9.11 Å². The fraction of sp³-hybridized carbons (Fsp3) is 0.333. The van der Waals surface area contributed by atoms with Crippen LogP contribution in [0.15, 0.2) is 34.1 Å². The van der Waals surface area contributed by atoms with Crippen LogP contribution in [0.25, 0.3) is 0 Å². The van der Waals surface area contributed by atoms with Gasteiger partial charge in [-0.2, -0.15) is 16.8 Å². The van der Waals surface area contributed by atoms with Gasteiger partial charge in [0.05, 0.1) is 9.79 Å². The highest BCUT2D eigenvalue weighted by Gasteiger charge is 2.16. The highest BCUT2D eigenvalue weighted by atomic mass is 32.2. The van der Waals surface area contributed by atoms with E-state index in [-0.39, 0.29) is 9.79 Å². The molecular formula is C18H24O6S2. The molecule has 2 rings (SSSR count). The molecule has 0 amide bonds. The van der Waals surface area contributed by atoms with E-state index in [2.05, 4.69) is 0 Å². The Morgan fingerprint density at radius 3 is 0.885 bits per heavy atom. The predicted octanol–water partition coefficient (Wildman–Crippen LogP) is 3.72. The molecule has 144 valence electrons. The van der Waals surface area contributed by atoms with Crippen molar-refractivity contribution in [2.75, 3.05) is 0 Å². The fourth-order valence-electron chi connectivity index (χ4n) is 3.15. The molecule has 0 aliphatic rings. The largest absolute Gasteiger partial charge is 0.295 e. The second kappa shape index (κ2) is 7.87. The van der Waals surface area contributed by atoms with Gasteiger partial charge in [-0.25, -0.2) is 0 Å². The summed E-state index contributed by atoms with van der Waals surface area (Å²) in [5.74, 6) is 0. The molecular weight excluding hydrogens is 376 g/mol. The van der Waals surface area contributed by atoms with E-state index in [1.54, 1.807) is 52.0 Å². The number of benzene rings is 2. The Balaban J connectivity index is 0.000000260. The average molecular weight is 401 g/mol. The maximum Gasteiger partial charge on any atom is 0.295 e. The summed E-state index contributed by atoms with van der Waals surface area (Å²) >= 11 is 0. The van der Waals surface area contributed by atoms with Crippen molar-refractivity contribution < 1.29 is 25.9 Å². The Morgan fingerprint density at radius 1 is 0.538 bits per heavy atom. The summed E-state index contributed by atoms with van der Waals surface area (Å²) in [5.41, 5.74) is 4.31. The molecule has 0 spiro atoms. The normalized spacial score (nSPS) is 11.7. The van der Waals surface area contributed by atoms with Gasteiger partial charge in [-0.05, 0) is 63.8 Å². The van der Waals surface area contributed by atoms with Gasteiger partial charge >= 0.3 is 0 Å². The molecule has 0 unspecified atom stereocenters. The molecule has 0 saturated carbocycles. The lowest BCUT2D eigenvalue weighted by atomic mass is 10.1. The van der Waals surface area contributed by atoms with Crippen LogP contribution < -0.4 is 0 Å². The summed E-state index contributed by atoms with van der Waals surface area (Å²) in [6.45, 7) is 10.4. The molecule has 0 atom stereocenters. The predicted molar refractivity (Wildman–Crippen MR) is 101 cm³/mol. The zero-order valence-electron chi connectivity index (χ0n) is 15.7. The van der Waals surface area contributed by atoms with Crippen molar-refractivity contribution in [1.29, 1.82) is 0 Å². The summed E-state index contributed by atoms with van der Waals surface area (Å²) in [4.78, 5) is 0.0520. The van der Waals surface area contributed by atoms with Gasteiger partial charge < -0.3 is 0 Å². The number of hydrogen-bond donors (Lipinski definition) is 2. The highest BCUT2D eigenvalue weighted by Crippen LogP contribution is 2.21. The third-order valence-corrected chi connectivity index (χ3v) is 6.04. The second-order valence-corrected chi connectivity index (χ2v) is 9.12. The van der Waals surface area contributed by atoms with Crippen LogP contribution in [0.4, 0.5) is 0 Å². The molecule has 2 N–H and O–H groups in total. The van der Waals surface area contributed by atoms with E-state index in [4.69, 9.17) is 9.11 Å². The van der Waals surface area contributed by atoms with Crippen LogP contribution in [-0.4, -0.2) is 25.9 Å². The Morgan fingerprint density at radius 2 is 0.731 bits per heavy atom. The Bertz CT molecular complexity index is 904. The summed E-state index contributed by atoms with van der Waals surface area (Å²) < 4.78 is 61.6.